The highest BCUT2D eigenvalue weighted by Crippen LogP contribution is 2.26. The third kappa shape index (κ3) is 5.42. The molecule has 31 heavy (non-hydrogen) atoms. The molecule has 0 aliphatic rings. The molecule has 0 amide bonds. The van der Waals surface area contributed by atoms with Crippen molar-refractivity contribution in [3.63, 3.8) is 0 Å². The lowest BCUT2D eigenvalue weighted by molar-refractivity contribution is 0.586. The maximum atomic E-state index is 7.52. The number of anilines is 2. The van der Waals surface area contributed by atoms with Gasteiger partial charge in [-0.3, -0.25) is 0 Å². The molecule has 4 rings (SSSR count). The smallest absolute Gasteiger partial charge is 0.226 e. The number of nitrogens with one attached hydrogen (secondary N) is 2. The zero-order chi connectivity index (χ0) is 21.6. The van der Waals surface area contributed by atoms with Gasteiger partial charge in [0.05, 0.1) is 6.20 Å². The second-order valence-electron chi connectivity index (χ2n) is 7.61. The van der Waals surface area contributed by atoms with E-state index in [2.05, 4.69) is 32.4 Å². The molecule has 0 bridgehead atoms. The number of aromatic nitrogens is 3. The Morgan fingerprint density at radius 2 is 1.87 bits per heavy atom. The summed E-state index contributed by atoms with van der Waals surface area (Å²) in [5.74, 6) is 2.62. The molecule has 0 unspecified atom stereocenters. The predicted octanol–water partition coefficient (Wildman–Crippen LogP) is 6.21. The summed E-state index contributed by atoms with van der Waals surface area (Å²) in [6.45, 7) is 3.87. The quantitative estimate of drug-likeness (QED) is 0.336. The molecule has 3 heterocycles. The van der Waals surface area contributed by atoms with Crippen LogP contribution in [0.3, 0.4) is 0 Å². The number of hydrogen-bond donors (Lipinski definition) is 2. The van der Waals surface area contributed by atoms with E-state index < -0.39 is 0 Å². The van der Waals surface area contributed by atoms with E-state index in [9.17, 15) is 0 Å². The van der Waals surface area contributed by atoms with Gasteiger partial charge in [-0.1, -0.05) is 18.2 Å². The third-order valence-electron chi connectivity index (χ3n) is 4.90. The SMILES string of the molecule is CC(=N)CCCc1ccc(-c2ncc(-c3cccc(Nc4cc(C)ccn4)n3)o2)cc1. The lowest BCUT2D eigenvalue weighted by Gasteiger charge is -2.06. The van der Waals surface area contributed by atoms with Crippen LogP contribution in [0.5, 0.6) is 0 Å². The van der Waals surface area contributed by atoms with Gasteiger partial charge in [0.15, 0.2) is 5.76 Å². The summed E-state index contributed by atoms with van der Waals surface area (Å²) in [7, 11) is 0. The Labute approximate surface area is 181 Å². The Balaban J connectivity index is 1.46. The van der Waals surface area contributed by atoms with Crippen LogP contribution in [0.25, 0.3) is 22.9 Å². The monoisotopic (exact) mass is 411 g/mol. The van der Waals surface area contributed by atoms with E-state index in [4.69, 9.17) is 9.83 Å². The van der Waals surface area contributed by atoms with Crippen LogP contribution in [0, 0.1) is 12.3 Å². The largest absolute Gasteiger partial charge is 0.434 e. The Bertz CT molecular complexity index is 1180. The molecule has 4 aromatic rings. The molecule has 0 atom stereocenters. The van der Waals surface area contributed by atoms with Crippen molar-refractivity contribution in [2.75, 3.05) is 5.32 Å². The normalized spacial score (nSPS) is 10.8. The summed E-state index contributed by atoms with van der Waals surface area (Å²) in [5, 5.41) is 10.8. The van der Waals surface area contributed by atoms with Gasteiger partial charge in [0, 0.05) is 17.5 Å². The topological polar surface area (TPSA) is 87.7 Å². The standard InChI is InChI=1S/C25H25N5O/c1-17-13-14-27-24(15-17)30-23-8-4-7-21(29-23)22-16-28-25(31-22)20-11-9-19(10-12-20)6-3-5-18(2)26/h4,7-16,26H,3,5-6H2,1-2H3,(H,27,29,30). The Kier molecular flexibility index (Phi) is 6.17. The number of pyridine rings is 2. The van der Waals surface area contributed by atoms with Crippen molar-refractivity contribution in [3.8, 4) is 22.9 Å². The Morgan fingerprint density at radius 3 is 2.65 bits per heavy atom. The molecule has 1 aromatic carbocycles. The summed E-state index contributed by atoms with van der Waals surface area (Å²) >= 11 is 0. The molecule has 0 spiro atoms. The van der Waals surface area contributed by atoms with E-state index in [-0.39, 0.29) is 0 Å². The molecule has 0 radical (unpaired) electrons. The van der Waals surface area contributed by atoms with Crippen LogP contribution in [-0.2, 0) is 6.42 Å². The third-order valence-corrected chi connectivity index (χ3v) is 4.90. The molecular formula is C25H25N5O. The van der Waals surface area contributed by atoms with E-state index in [1.165, 1.54) is 5.56 Å². The minimum absolute atomic E-state index is 0.567. The van der Waals surface area contributed by atoms with Gasteiger partial charge in [-0.15, -0.1) is 0 Å². The number of aryl methyl sites for hydroxylation is 2. The van der Waals surface area contributed by atoms with Crippen LogP contribution in [-0.4, -0.2) is 20.7 Å². The number of rotatable bonds is 8. The van der Waals surface area contributed by atoms with Crippen LogP contribution in [0.4, 0.5) is 11.6 Å². The van der Waals surface area contributed by atoms with E-state index >= 15 is 0 Å². The van der Waals surface area contributed by atoms with Crippen molar-refractivity contribution < 1.29 is 4.42 Å². The van der Waals surface area contributed by atoms with Crippen molar-refractivity contribution in [2.45, 2.75) is 33.1 Å². The zero-order valence-electron chi connectivity index (χ0n) is 17.7. The number of oxazole rings is 1. The van der Waals surface area contributed by atoms with Gasteiger partial charge in [-0.2, -0.15) is 0 Å². The summed E-state index contributed by atoms with van der Waals surface area (Å²) in [6, 6.07) is 17.9. The minimum atomic E-state index is 0.567. The van der Waals surface area contributed by atoms with Crippen molar-refractivity contribution in [1.29, 1.82) is 5.41 Å². The number of nitrogens with zero attached hydrogens (tertiary/aromatic N) is 3. The molecule has 0 fully saturated rings. The summed E-state index contributed by atoms with van der Waals surface area (Å²) in [6.07, 6.45) is 6.27. The van der Waals surface area contributed by atoms with Crippen LogP contribution >= 0.6 is 0 Å². The first kappa shape index (κ1) is 20.5. The molecule has 6 heteroatoms. The highest BCUT2D eigenvalue weighted by molar-refractivity contribution is 5.78. The van der Waals surface area contributed by atoms with Gasteiger partial charge in [0.25, 0.3) is 0 Å². The second-order valence-corrected chi connectivity index (χ2v) is 7.61. The summed E-state index contributed by atoms with van der Waals surface area (Å²) in [4.78, 5) is 13.4. The van der Waals surface area contributed by atoms with Gasteiger partial charge in [-0.25, -0.2) is 15.0 Å². The number of benzene rings is 1. The molecule has 156 valence electrons. The van der Waals surface area contributed by atoms with E-state index in [0.717, 1.165) is 41.9 Å². The van der Waals surface area contributed by atoms with Crippen LogP contribution in [0.15, 0.2) is 71.4 Å². The molecule has 2 N–H and O–H groups in total. The molecule has 3 aromatic heterocycles. The lowest BCUT2D eigenvalue weighted by atomic mass is 10.0. The first-order valence-corrected chi connectivity index (χ1v) is 10.3. The van der Waals surface area contributed by atoms with Crippen molar-refractivity contribution in [3.05, 3.63) is 78.1 Å². The average Bonchev–Trinajstić information content (AvgIpc) is 3.25. The van der Waals surface area contributed by atoms with Gasteiger partial charge in [-0.05, 0) is 80.6 Å². The Morgan fingerprint density at radius 1 is 1.03 bits per heavy atom. The lowest BCUT2D eigenvalue weighted by Crippen LogP contribution is -1.96. The maximum absolute atomic E-state index is 7.52. The number of hydrogen-bond acceptors (Lipinski definition) is 6. The average molecular weight is 412 g/mol. The summed E-state index contributed by atoms with van der Waals surface area (Å²) < 4.78 is 5.99. The molecular weight excluding hydrogens is 386 g/mol. The first-order valence-electron chi connectivity index (χ1n) is 10.3. The fourth-order valence-corrected chi connectivity index (χ4v) is 3.27. The molecule has 0 aliphatic carbocycles. The van der Waals surface area contributed by atoms with Gasteiger partial charge in [0.1, 0.15) is 17.3 Å². The fraction of sp³-hybridized carbons (Fsp3) is 0.200. The zero-order valence-corrected chi connectivity index (χ0v) is 17.7. The first-order chi connectivity index (χ1) is 15.1. The van der Waals surface area contributed by atoms with Crippen LogP contribution in [0.2, 0.25) is 0 Å². The molecule has 0 saturated heterocycles. The molecule has 0 aliphatic heterocycles. The highest BCUT2D eigenvalue weighted by atomic mass is 16.4. The van der Waals surface area contributed by atoms with E-state index in [1.807, 2.05) is 56.3 Å². The highest BCUT2D eigenvalue weighted by Gasteiger charge is 2.11. The van der Waals surface area contributed by atoms with Crippen LogP contribution < -0.4 is 5.32 Å². The minimum Gasteiger partial charge on any atom is -0.434 e. The Hall–Kier alpha value is -3.80. The van der Waals surface area contributed by atoms with Crippen molar-refractivity contribution in [1.82, 2.24) is 15.0 Å². The van der Waals surface area contributed by atoms with Gasteiger partial charge < -0.3 is 15.1 Å². The van der Waals surface area contributed by atoms with E-state index in [0.29, 0.717) is 23.2 Å². The van der Waals surface area contributed by atoms with E-state index in [1.54, 1.807) is 12.4 Å². The molecule has 6 nitrogen and oxygen atoms in total. The fourth-order valence-electron chi connectivity index (χ4n) is 3.27. The van der Waals surface area contributed by atoms with Crippen molar-refractivity contribution >= 4 is 17.3 Å². The van der Waals surface area contributed by atoms with Gasteiger partial charge in [0.2, 0.25) is 5.89 Å². The van der Waals surface area contributed by atoms with Gasteiger partial charge >= 0.3 is 0 Å². The second kappa shape index (κ2) is 9.34. The maximum Gasteiger partial charge on any atom is 0.226 e. The van der Waals surface area contributed by atoms with Crippen molar-refractivity contribution in [2.24, 2.45) is 0 Å². The van der Waals surface area contributed by atoms with Crippen LogP contribution in [0.1, 0.15) is 30.9 Å². The molecule has 0 saturated carbocycles. The summed E-state index contributed by atoms with van der Waals surface area (Å²) in [5.41, 5.74) is 4.74. The predicted molar refractivity (Wildman–Crippen MR) is 124 cm³/mol.